The molecule has 2 aromatic heterocycles. The summed E-state index contributed by atoms with van der Waals surface area (Å²) in [5.41, 5.74) is 9.91. The Kier molecular flexibility index (Phi) is 6.64. The molecule has 1 atom stereocenters. The van der Waals surface area contributed by atoms with Crippen molar-refractivity contribution < 1.29 is 8.95 Å². The van der Waals surface area contributed by atoms with Crippen LogP contribution in [-0.2, 0) is 17.6 Å². The van der Waals surface area contributed by atoms with Crippen molar-refractivity contribution >= 4 is 45.3 Å². The van der Waals surface area contributed by atoms with Gasteiger partial charge in [-0.3, -0.25) is 4.90 Å². The lowest BCUT2D eigenvalue weighted by molar-refractivity contribution is 0.253. The van der Waals surface area contributed by atoms with Crippen LogP contribution in [0.4, 0.5) is 11.6 Å². The van der Waals surface area contributed by atoms with Crippen molar-refractivity contribution in [3.05, 3.63) is 41.9 Å². The Bertz CT molecular complexity index is 1310. The highest BCUT2D eigenvalue weighted by molar-refractivity contribution is 7.83. The zero-order valence-corrected chi connectivity index (χ0v) is 20.6. The van der Waals surface area contributed by atoms with E-state index < -0.39 is 11.2 Å². The van der Waals surface area contributed by atoms with E-state index in [-0.39, 0.29) is 0 Å². The molecular weight excluding hydrogens is 466 g/mol. The summed E-state index contributed by atoms with van der Waals surface area (Å²) in [6.45, 7) is 4.70. The van der Waals surface area contributed by atoms with Crippen LogP contribution >= 0.6 is 0 Å². The molecule has 11 nitrogen and oxygen atoms in total. The number of amidine groups is 1. The van der Waals surface area contributed by atoms with E-state index in [1.807, 2.05) is 12.1 Å². The lowest BCUT2D eigenvalue weighted by Gasteiger charge is -2.35. The first-order chi connectivity index (χ1) is 17.1. The molecule has 3 aromatic rings. The third kappa shape index (κ3) is 4.71. The predicted molar refractivity (Wildman–Crippen MR) is 139 cm³/mol. The molecule has 1 aromatic carbocycles. The smallest absolute Gasteiger partial charge is 0.268 e. The molecule has 0 radical (unpaired) electrons. The van der Waals surface area contributed by atoms with Gasteiger partial charge in [0, 0.05) is 55.3 Å². The van der Waals surface area contributed by atoms with Gasteiger partial charge in [-0.2, -0.15) is 4.40 Å². The Morgan fingerprint density at radius 2 is 2.06 bits per heavy atom. The highest BCUT2D eigenvalue weighted by Crippen LogP contribution is 2.28. The number of H-pyrrole nitrogens is 1. The zero-order chi connectivity index (χ0) is 24.4. The van der Waals surface area contributed by atoms with Crippen LogP contribution in [-0.4, -0.2) is 82.5 Å². The van der Waals surface area contributed by atoms with E-state index >= 15 is 0 Å². The number of benzene rings is 1. The topological polar surface area (TPSA) is 137 Å². The number of piperazine rings is 1. The van der Waals surface area contributed by atoms with Gasteiger partial charge in [0.15, 0.2) is 17.4 Å². The molecule has 4 N–H and O–H groups in total. The van der Waals surface area contributed by atoms with E-state index in [1.165, 1.54) is 0 Å². The fourth-order valence-corrected chi connectivity index (χ4v) is 5.38. The number of aromatic nitrogens is 3. The molecule has 0 aliphatic carbocycles. The van der Waals surface area contributed by atoms with E-state index in [4.69, 9.17) is 10.5 Å². The van der Waals surface area contributed by atoms with Gasteiger partial charge in [-0.15, -0.1) is 4.40 Å². The number of hydrogen-bond donors (Lipinski definition) is 3. The summed E-state index contributed by atoms with van der Waals surface area (Å²) in [4.78, 5) is 16.5. The van der Waals surface area contributed by atoms with Gasteiger partial charge in [0.25, 0.3) is 11.2 Å². The fraction of sp³-hybridized carbons (Fsp3) is 0.391. The summed E-state index contributed by atoms with van der Waals surface area (Å²) < 4.78 is 25.4. The molecule has 35 heavy (non-hydrogen) atoms. The monoisotopic (exact) mass is 495 g/mol. The molecule has 0 spiro atoms. The molecular formula is C23H29N9O2S. The number of rotatable bonds is 7. The largest absolute Gasteiger partial charge is 0.491 e. The summed E-state index contributed by atoms with van der Waals surface area (Å²) in [7, 11) is 3.39. The highest BCUT2D eigenvalue weighted by Gasteiger charge is 2.22. The van der Waals surface area contributed by atoms with Crippen LogP contribution < -0.4 is 20.7 Å². The first-order valence-corrected chi connectivity index (χ1v) is 12.6. The van der Waals surface area contributed by atoms with Crippen molar-refractivity contribution in [2.45, 2.75) is 12.8 Å². The minimum Gasteiger partial charge on any atom is -0.491 e. The van der Waals surface area contributed by atoms with E-state index in [9.17, 15) is 4.21 Å². The number of fused-ring (bicyclic) bond motifs is 1. The van der Waals surface area contributed by atoms with Crippen molar-refractivity contribution in [1.29, 1.82) is 0 Å². The maximum Gasteiger partial charge on any atom is 0.268 e. The first-order valence-electron chi connectivity index (χ1n) is 11.6. The molecule has 5 rings (SSSR count). The normalized spacial score (nSPS) is 18.6. The number of nitrogens with one attached hydrogen (secondary N) is 2. The lowest BCUT2D eigenvalue weighted by Crippen LogP contribution is -2.47. The standard InChI is InChI=1S/C23H29N9O2S/c1-25-22-20(29-35(33)30-22)15-5-6-18-17(12-15)16(21(24)28-18)4-3-7-31-8-10-32(11-9-31)23-19(34-2)13-26-14-27-23/h5-6,12-14,28H,3-4,7-11,24H2,1-2H3,(H,25,30). The van der Waals surface area contributed by atoms with Crippen molar-refractivity contribution in [1.82, 2.24) is 25.2 Å². The molecule has 12 heteroatoms. The Morgan fingerprint density at radius 3 is 2.83 bits per heavy atom. The van der Waals surface area contributed by atoms with E-state index in [0.29, 0.717) is 23.1 Å². The van der Waals surface area contributed by atoms with Gasteiger partial charge >= 0.3 is 0 Å². The summed E-state index contributed by atoms with van der Waals surface area (Å²) in [5, 5.41) is 4.04. The average Bonchev–Trinajstić information content (AvgIpc) is 3.42. The molecule has 1 unspecified atom stereocenters. The number of aryl methyl sites for hydroxylation is 1. The van der Waals surface area contributed by atoms with Gasteiger partial charge in [-0.05, 0) is 31.5 Å². The second-order valence-corrected chi connectivity index (χ2v) is 9.31. The lowest BCUT2D eigenvalue weighted by atomic mass is 10.0. The number of anilines is 2. The third-order valence-electron chi connectivity index (χ3n) is 6.46. The Balaban J connectivity index is 1.22. The number of nitrogens with zero attached hydrogens (tertiary/aromatic N) is 6. The molecule has 0 bridgehead atoms. The van der Waals surface area contributed by atoms with Crippen LogP contribution in [0.25, 0.3) is 10.9 Å². The summed E-state index contributed by atoms with van der Waals surface area (Å²) in [6, 6.07) is 5.99. The minimum absolute atomic E-state index is 0.534. The fourth-order valence-electron chi connectivity index (χ4n) is 4.66. The summed E-state index contributed by atoms with van der Waals surface area (Å²) >= 11 is -1.58. The van der Waals surface area contributed by atoms with Crippen LogP contribution in [0.2, 0.25) is 0 Å². The van der Waals surface area contributed by atoms with Crippen LogP contribution in [0.15, 0.2) is 39.5 Å². The molecule has 0 amide bonds. The Hall–Kier alpha value is -3.51. The maximum absolute atomic E-state index is 11.8. The van der Waals surface area contributed by atoms with Crippen molar-refractivity contribution in [3.63, 3.8) is 0 Å². The molecule has 1 fully saturated rings. The van der Waals surface area contributed by atoms with Gasteiger partial charge in [0.05, 0.1) is 13.3 Å². The van der Waals surface area contributed by atoms with Gasteiger partial charge in [-0.25, -0.2) is 14.2 Å². The molecule has 4 heterocycles. The Morgan fingerprint density at radius 1 is 1.23 bits per heavy atom. The number of nitrogen functional groups attached to an aromatic ring is 1. The number of ether oxygens (including phenoxy) is 1. The van der Waals surface area contributed by atoms with Gasteiger partial charge < -0.3 is 25.7 Å². The van der Waals surface area contributed by atoms with Crippen molar-refractivity contribution in [2.24, 2.45) is 8.80 Å². The minimum atomic E-state index is -1.58. The van der Waals surface area contributed by atoms with Crippen LogP contribution in [0.3, 0.4) is 0 Å². The highest BCUT2D eigenvalue weighted by atomic mass is 32.2. The number of hydrogen-bond acceptors (Lipinski definition) is 8. The van der Waals surface area contributed by atoms with E-state index in [2.05, 4.69) is 44.9 Å². The third-order valence-corrected chi connectivity index (χ3v) is 7.14. The van der Waals surface area contributed by atoms with Crippen LogP contribution in [0.5, 0.6) is 5.75 Å². The summed E-state index contributed by atoms with van der Waals surface area (Å²) in [6.07, 6.45) is 5.12. The quantitative estimate of drug-likeness (QED) is 0.446. The molecule has 2 aliphatic rings. The SMILES string of the molecule is CNC1=NS(=O)N=C1c1ccc2[nH]c(N)c(CCCN3CCN(c4ncncc4OC)CC3)c2c1. The van der Waals surface area contributed by atoms with E-state index in [0.717, 1.165) is 73.4 Å². The van der Waals surface area contributed by atoms with Crippen molar-refractivity contribution in [2.75, 3.05) is 57.5 Å². The molecule has 184 valence electrons. The average molecular weight is 496 g/mol. The van der Waals surface area contributed by atoms with Crippen LogP contribution in [0.1, 0.15) is 17.5 Å². The number of nitrogens with two attached hydrogens (primary N) is 1. The molecule has 2 aliphatic heterocycles. The van der Waals surface area contributed by atoms with Crippen LogP contribution in [0, 0.1) is 0 Å². The maximum atomic E-state index is 11.8. The Labute approximate surface area is 206 Å². The first kappa shape index (κ1) is 23.2. The molecule has 0 saturated carbocycles. The zero-order valence-electron chi connectivity index (χ0n) is 19.8. The predicted octanol–water partition coefficient (Wildman–Crippen LogP) is 1.30. The second kappa shape index (κ2) is 10.0. The number of aromatic amines is 1. The van der Waals surface area contributed by atoms with E-state index in [1.54, 1.807) is 26.7 Å². The molecule has 1 saturated heterocycles. The van der Waals surface area contributed by atoms with Gasteiger partial charge in [0.1, 0.15) is 17.9 Å². The summed E-state index contributed by atoms with van der Waals surface area (Å²) in [5.74, 6) is 2.79. The number of likely N-dealkylation sites (N-methyl/N-ethyl adjacent to an activating group) is 1. The van der Waals surface area contributed by atoms with Gasteiger partial charge in [-0.1, -0.05) is 6.07 Å². The van der Waals surface area contributed by atoms with Gasteiger partial charge in [0.2, 0.25) is 0 Å². The number of methoxy groups -OCH3 is 1. The second-order valence-electron chi connectivity index (χ2n) is 8.49. The van der Waals surface area contributed by atoms with Crippen molar-refractivity contribution in [3.8, 4) is 5.75 Å².